The first-order valence-corrected chi connectivity index (χ1v) is 9.98. The van der Waals surface area contributed by atoms with E-state index in [-0.39, 0.29) is 30.6 Å². The number of nitrogens with zero attached hydrogens (tertiary/aromatic N) is 1. The number of amides is 4. The zero-order valence-corrected chi connectivity index (χ0v) is 16.2. The van der Waals surface area contributed by atoms with Crippen molar-refractivity contribution in [2.45, 2.75) is 57.4 Å². The maximum Gasteiger partial charge on any atom is 0.262 e. The lowest BCUT2D eigenvalue weighted by Gasteiger charge is -2.27. The van der Waals surface area contributed by atoms with E-state index in [0.717, 1.165) is 43.4 Å². The fourth-order valence-corrected chi connectivity index (χ4v) is 3.57. The molecule has 0 aliphatic carbocycles. The zero-order valence-electron chi connectivity index (χ0n) is 16.2. The average molecular weight is 396 g/mol. The van der Waals surface area contributed by atoms with Gasteiger partial charge in [0.05, 0.1) is 11.1 Å². The summed E-state index contributed by atoms with van der Waals surface area (Å²) in [4.78, 5) is 49.8. The number of nitrogens with one attached hydrogen (secondary N) is 1. The molecule has 152 valence electrons. The average Bonchev–Trinajstić information content (AvgIpc) is 2.94. The van der Waals surface area contributed by atoms with E-state index in [1.165, 1.54) is 0 Å². The van der Waals surface area contributed by atoms with E-state index in [2.05, 4.69) is 17.2 Å². The zero-order chi connectivity index (χ0) is 20.8. The van der Waals surface area contributed by atoms with E-state index in [1.54, 1.807) is 18.2 Å². The minimum Gasteiger partial charge on any atom is -0.396 e. The number of unbranched alkanes of at least 4 members (excludes halogenated alkanes) is 5. The largest absolute Gasteiger partial charge is 0.396 e. The maximum absolute atomic E-state index is 12.8. The molecule has 4 amide bonds. The lowest BCUT2D eigenvalue weighted by molar-refractivity contribution is -0.136. The third-order valence-electron chi connectivity index (χ3n) is 5.13. The number of piperidine rings is 1. The Labute approximate surface area is 169 Å². The molecule has 7 nitrogen and oxygen atoms in total. The molecule has 1 aromatic carbocycles. The van der Waals surface area contributed by atoms with E-state index >= 15 is 0 Å². The van der Waals surface area contributed by atoms with Crippen molar-refractivity contribution in [2.24, 2.45) is 0 Å². The Bertz CT molecular complexity index is 896. The Hall–Kier alpha value is -2.98. The van der Waals surface area contributed by atoms with E-state index in [4.69, 9.17) is 5.11 Å². The van der Waals surface area contributed by atoms with Gasteiger partial charge in [-0.25, -0.2) is 0 Å². The van der Waals surface area contributed by atoms with E-state index < -0.39 is 29.7 Å². The number of carbonyl (C=O) groups excluding carboxylic acids is 4. The lowest BCUT2D eigenvalue weighted by atomic mass is 10.0. The summed E-state index contributed by atoms with van der Waals surface area (Å²) in [6.07, 6.45) is 5.95. The topological polar surface area (TPSA) is 104 Å². The molecule has 2 heterocycles. The molecular formula is C22H24N2O5. The Morgan fingerprint density at radius 1 is 1.00 bits per heavy atom. The van der Waals surface area contributed by atoms with Gasteiger partial charge in [0.25, 0.3) is 11.8 Å². The van der Waals surface area contributed by atoms with Crippen LogP contribution in [0.1, 0.15) is 77.6 Å². The SMILES string of the molecule is O=C1CCC(N2C(=O)c3ccc(C#CCCCCCCCO)cc3C2=O)C(=O)N1. The van der Waals surface area contributed by atoms with Crippen LogP contribution in [0.2, 0.25) is 0 Å². The highest BCUT2D eigenvalue weighted by Crippen LogP contribution is 2.28. The van der Waals surface area contributed by atoms with Crippen molar-refractivity contribution in [3.63, 3.8) is 0 Å². The van der Waals surface area contributed by atoms with Crippen molar-refractivity contribution in [1.29, 1.82) is 0 Å². The third-order valence-corrected chi connectivity index (χ3v) is 5.13. The molecule has 7 heteroatoms. The molecule has 0 saturated carbocycles. The van der Waals surface area contributed by atoms with Crippen LogP contribution in [-0.2, 0) is 9.59 Å². The second-order valence-corrected chi connectivity index (χ2v) is 7.25. The van der Waals surface area contributed by atoms with Crippen LogP contribution >= 0.6 is 0 Å². The molecule has 0 radical (unpaired) electrons. The van der Waals surface area contributed by atoms with Crippen LogP contribution in [0.5, 0.6) is 0 Å². The van der Waals surface area contributed by atoms with Gasteiger partial charge in [0.2, 0.25) is 11.8 Å². The fourth-order valence-electron chi connectivity index (χ4n) is 3.57. The minimum atomic E-state index is -0.958. The Morgan fingerprint density at radius 2 is 1.72 bits per heavy atom. The lowest BCUT2D eigenvalue weighted by Crippen LogP contribution is -2.54. The van der Waals surface area contributed by atoms with Crippen molar-refractivity contribution >= 4 is 23.6 Å². The predicted molar refractivity (Wildman–Crippen MR) is 105 cm³/mol. The molecular weight excluding hydrogens is 372 g/mol. The molecule has 3 rings (SSSR count). The third kappa shape index (κ3) is 4.72. The van der Waals surface area contributed by atoms with Crippen LogP contribution in [0.3, 0.4) is 0 Å². The van der Waals surface area contributed by atoms with Crippen LogP contribution in [0.25, 0.3) is 0 Å². The molecule has 29 heavy (non-hydrogen) atoms. The molecule has 2 N–H and O–H groups in total. The van der Waals surface area contributed by atoms with Crippen molar-refractivity contribution in [3.8, 4) is 11.8 Å². The molecule has 1 unspecified atom stereocenters. The number of aliphatic hydroxyl groups excluding tert-OH is 1. The van der Waals surface area contributed by atoms with Crippen LogP contribution in [-0.4, -0.2) is 46.3 Å². The summed E-state index contributed by atoms with van der Waals surface area (Å²) in [7, 11) is 0. The molecule has 2 aliphatic rings. The van der Waals surface area contributed by atoms with Gasteiger partial charge in [0.1, 0.15) is 6.04 Å². The van der Waals surface area contributed by atoms with Gasteiger partial charge in [-0.3, -0.25) is 29.4 Å². The normalized spacial score (nSPS) is 18.4. The number of fused-ring (bicyclic) bond motifs is 1. The van der Waals surface area contributed by atoms with Gasteiger partial charge in [0.15, 0.2) is 0 Å². The summed E-state index contributed by atoms with van der Waals surface area (Å²) in [5.74, 6) is 4.07. The Morgan fingerprint density at radius 3 is 2.48 bits per heavy atom. The van der Waals surface area contributed by atoms with E-state index in [1.807, 2.05) is 0 Å². The monoisotopic (exact) mass is 396 g/mol. The number of carbonyl (C=O) groups is 4. The minimum absolute atomic E-state index is 0.0978. The second kappa shape index (κ2) is 9.48. The van der Waals surface area contributed by atoms with Crippen LogP contribution in [0.4, 0.5) is 0 Å². The smallest absolute Gasteiger partial charge is 0.262 e. The van der Waals surface area contributed by atoms with Crippen LogP contribution in [0, 0.1) is 11.8 Å². The van der Waals surface area contributed by atoms with Crippen molar-refractivity contribution in [2.75, 3.05) is 6.61 Å². The molecule has 2 aliphatic heterocycles. The summed E-state index contributed by atoms with van der Waals surface area (Å²) in [6, 6.07) is 3.91. The van der Waals surface area contributed by atoms with Crippen LogP contribution in [0.15, 0.2) is 18.2 Å². The number of aliphatic hydroxyl groups is 1. The first-order chi connectivity index (χ1) is 14.0. The van der Waals surface area contributed by atoms with Gasteiger partial charge in [-0.15, -0.1) is 0 Å². The number of benzene rings is 1. The molecule has 1 saturated heterocycles. The molecule has 1 atom stereocenters. The van der Waals surface area contributed by atoms with Crippen molar-refractivity contribution in [3.05, 3.63) is 34.9 Å². The number of imide groups is 2. The quantitative estimate of drug-likeness (QED) is 0.415. The molecule has 1 aromatic rings. The van der Waals surface area contributed by atoms with Crippen molar-refractivity contribution < 1.29 is 24.3 Å². The first-order valence-electron chi connectivity index (χ1n) is 9.98. The van der Waals surface area contributed by atoms with Crippen molar-refractivity contribution in [1.82, 2.24) is 10.2 Å². The van der Waals surface area contributed by atoms with Gasteiger partial charge >= 0.3 is 0 Å². The Kier molecular flexibility index (Phi) is 6.78. The highest BCUT2D eigenvalue weighted by molar-refractivity contribution is 6.23. The van der Waals surface area contributed by atoms with Gasteiger partial charge in [-0.1, -0.05) is 31.1 Å². The summed E-state index contributed by atoms with van der Waals surface area (Å²) in [5, 5.41) is 10.9. The summed E-state index contributed by atoms with van der Waals surface area (Å²) in [6.45, 7) is 0.236. The van der Waals surface area contributed by atoms with Gasteiger partial charge in [0, 0.05) is 25.0 Å². The highest BCUT2D eigenvalue weighted by atomic mass is 16.3. The number of rotatable bonds is 7. The highest BCUT2D eigenvalue weighted by Gasteiger charge is 2.44. The van der Waals surface area contributed by atoms with Gasteiger partial charge in [-0.05, 0) is 37.5 Å². The standard InChI is InChI=1S/C22H24N2O5/c25-13-7-5-3-1-2-4-6-8-15-9-10-16-17(14-15)22(29)24(21(16)28)18-11-12-19(26)23-20(18)27/h9-10,14,18,25H,1-5,7,11-13H2,(H,23,26,27). The summed E-state index contributed by atoms with van der Waals surface area (Å²) in [5.41, 5.74) is 1.15. The first kappa shape index (κ1) is 20.7. The predicted octanol–water partition coefficient (Wildman–Crippen LogP) is 1.77. The van der Waals surface area contributed by atoms with Gasteiger partial charge < -0.3 is 5.11 Å². The number of hydrogen-bond acceptors (Lipinski definition) is 5. The molecule has 0 spiro atoms. The maximum atomic E-state index is 12.8. The fraction of sp³-hybridized carbons (Fsp3) is 0.455. The summed E-state index contributed by atoms with van der Waals surface area (Å²) >= 11 is 0. The molecule has 0 bridgehead atoms. The summed E-state index contributed by atoms with van der Waals surface area (Å²) < 4.78 is 0. The van der Waals surface area contributed by atoms with Crippen LogP contribution < -0.4 is 5.32 Å². The van der Waals surface area contributed by atoms with Gasteiger partial charge in [-0.2, -0.15) is 0 Å². The Balaban J connectivity index is 1.63. The molecule has 0 aromatic heterocycles. The second-order valence-electron chi connectivity index (χ2n) is 7.25. The molecule has 1 fully saturated rings. The number of hydrogen-bond donors (Lipinski definition) is 2. The van der Waals surface area contributed by atoms with E-state index in [9.17, 15) is 19.2 Å². The van der Waals surface area contributed by atoms with E-state index in [0.29, 0.717) is 5.56 Å².